The van der Waals surface area contributed by atoms with E-state index in [1.54, 1.807) is 13.4 Å². The summed E-state index contributed by atoms with van der Waals surface area (Å²) in [5.74, 6) is 2.05. The van der Waals surface area contributed by atoms with Crippen LogP contribution in [0.1, 0.15) is 41.3 Å². The van der Waals surface area contributed by atoms with Crippen LogP contribution in [0.4, 0.5) is 0 Å². The van der Waals surface area contributed by atoms with Gasteiger partial charge in [-0.15, -0.1) is 11.3 Å². The smallest absolute Gasteiger partial charge is 0.253 e. The Morgan fingerprint density at radius 3 is 2.67 bits per heavy atom. The molecule has 1 unspecified atom stereocenters. The van der Waals surface area contributed by atoms with Crippen molar-refractivity contribution in [3.8, 4) is 28.8 Å². The van der Waals surface area contributed by atoms with Gasteiger partial charge < -0.3 is 19.2 Å². The van der Waals surface area contributed by atoms with E-state index >= 15 is 0 Å². The first kappa shape index (κ1) is 22.7. The van der Waals surface area contributed by atoms with Crippen molar-refractivity contribution in [1.82, 2.24) is 14.9 Å². The van der Waals surface area contributed by atoms with Gasteiger partial charge in [0.1, 0.15) is 23.1 Å². The number of rotatable bonds is 9. The highest BCUT2D eigenvalue weighted by molar-refractivity contribution is 7.09. The summed E-state index contributed by atoms with van der Waals surface area (Å²) in [4.78, 5) is 17.7. The Kier molecular flexibility index (Phi) is 6.84. The van der Waals surface area contributed by atoms with Crippen LogP contribution in [0, 0.1) is 6.92 Å². The van der Waals surface area contributed by atoms with Gasteiger partial charge in [-0.25, -0.2) is 4.98 Å². The normalized spacial score (nSPS) is 11.9. The Morgan fingerprint density at radius 2 is 2.00 bits per heavy atom. The van der Waals surface area contributed by atoms with Crippen molar-refractivity contribution >= 4 is 17.2 Å². The molecular weight excluding hydrogens is 438 g/mol. The van der Waals surface area contributed by atoms with E-state index in [1.807, 2.05) is 73.2 Å². The molecule has 3 aromatic heterocycles. The average Bonchev–Trinajstić information content (AvgIpc) is 3.57. The van der Waals surface area contributed by atoms with Gasteiger partial charge in [-0.05, 0) is 56.7 Å². The lowest BCUT2D eigenvalue weighted by molar-refractivity contribution is 0.0938. The Morgan fingerprint density at radius 1 is 1.24 bits per heavy atom. The van der Waals surface area contributed by atoms with Crippen LogP contribution in [-0.4, -0.2) is 28.6 Å². The lowest BCUT2D eigenvalue weighted by Gasteiger charge is -2.11. The van der Waals surface area contributed by atoms with E-state index in [9.17, 15) is 4.79 Å². The molecule has 0 fully saturated rings. The number of carbonyl (C=O) groups is 1. The SMILES string of the molecule is CCC(C)NC(=O)c1cc(-c2csc(COc3ccc(OC)cc3)n2)n(-c2ccco2)c1C. The molecule has 0 bridgehead atoms. The van der Waals surface area contributed by atoms with Crippen molar-refractivity contribution in [3.63, 3.8) is 0 Å². The highest BCUT2D eigenvalue weighted by Crippen LogP contribution is 2.31. The van der Waals surface area contributed by atoms with Crippen LogP contribution in [0.2, 0.25) is 0 Å². The quantitative estimate of drug-likeness (QED) is 0.347. The fourth-order valence-corrected chi connectivity index (χ4v) is 4.12. The maximum atomic E-state index is 12.9. The third kappa shape index (κ3) is 4.96. The van der Waals surface area contributed by atoms with Gasteiger partial charge in [0.2, 0.25) is 5.88 Å². The summed E-state index contributed by atoms with van der Waals surface area (Å²) in [5, 5.41) is 5.85. The number of furan rings is 1. The van der Waals surface area contributed by atoms with E-state index in [0.29, 0.717) is 18.1 Å². The molecule has 1 atom stereocenters. The molecule has 7 nitrogen and oxygen atoms in total. The van der Waals surface area contributed by atoms with Gasteiger partial charge in [-0.2, -0.15) is 0 Å². The Labute approximate surface area is 197 Å². The molecule has 0 aliphatic heterocycles. The Balaban J connectivity index is 1.60. The van der Waals surface area contributed by atoms with Crippen molar-refractivity contribution in [1.29, 1.82) is 0 Å². The topological polar surface area (TPSA) is 78.5 Å². The number of carbonyl (C=O) groups excluding carboxylic acids is 1. The van der Waals surface area contributed by atoms with Crippen molar-refractivity contribution in [2.45, 2.75) is 39.8 Å². The molecular formula is C25H27N3O4S. The first-order valence-corrected chi connectivity index (χ1v) is 11.7. The summed E-state index contributed by atoms with van der Waals surface area (Å²) >= 11 is 1.51. The zero-order valence-corrected chi connectivity index (χ0v) is 19.9. The highest BCUT2D eigenvalue weighted by atomic mass is 32.1. The number of thiazole rings is 1. The van der Waals surface area contributed by atoms with Crippen LogP contribution in [0.5, 0.6) is 11.5 Å². The van der Waals surface area contributed by atoms with Crippen molar-refractivity contribution in [3.05, 3.63) is 70.4 Å². The molecule has 1 aromatic carbocycles. The molecule has 0 saturated heterocycles. The van der Waals surface area contributed by atoms with Crippen molar-refractivity contribution in [2.75, 3.05) is 7.11 Å². The standard InChI is InChI=1S/C25H27N3O4S/c1-5-16(2)26-25(29)20-13-22(28(17(20)3)24-7-6-12-31-24)21-15-33-23(27-21)14-32-19-10-8-18(30-4)9-11-19/h6-13,15-16H,5,14H2,1-4H3,(H,26,29). The van der Waals surface area contributed by atoms with Crippen LogP contribution in [0.15, 0.2) is 58.5 Å². The molecule has 1 amide bonds. The fourth-order valence-electron chi connectivity index (χ4n) is 3.42. The first-order valence-electron chi connectivity index (χ1n) is 10.8. The average molecular weight is 466 g/mol. The molecule has 1 N–H and O–H groups in total. The van der Waals surface area contributed by atoms with Crippen LogP contribution < -0.4 is 14.8 Å². The number of benzene rings is 1. The zero-order valence-electron chi connectivity index (χ0n) is 19.1. The van der Waals surface area contributed by atoms with Crippen LogP contribution in [0.25, 0.3) is 17.3 Å². The van der Waals surface area contributed by atoms with E-state index in [-0.39, 0.29) is 11.9 Å². The minimum atomic E-state index is -0.105. The van der Waals surface area contributed by atoms with E-state index in [1.165, 1.54) is 11.3 Å². The monoisotopic (exact) mass is 465 g/mol. The number of hydrogen-bond donors (Lipinski definition) is 1. The third-order valence-corrected chi connectivity index (χ3v) is 6.27. The minimum absolute atomic E-state index is 0.0910. The number of aromatic nitrogens is 2. The van der Waals surface area contributed by atoms with Gasteiger partial charge >= 0.3 is 0 Å². The van der Waals surface area contributed by atoms with Gasteiger partial charge in [0.25, 0.3) is 5.91 Å². The number of hydrogen-bond acceptors (Lipinski definition) is 6. The summed E-state index contributed by atoms with van der Waals surface area (Å²) in [6.45, 7) is 6.30. The predicted octanol–water partition coefficient (Wildman–Crippen LogP) is 5.62. The largest absolute Gasteiger partial charge is 0.497 e. The molecule has 172 valence electrons. The van der Waals surface area contributed by atoms with E-state index in [0.717, 1.165) is 40.0 Å². The molecule has 3 heterocycles. The number of nitrogens with zero attached hydrogens (tertiary/aromatic N) is 2. The van der Waals surface area contributed by atoms with Crippen molar-refractivity contribution < 1.29 is 18.7 Å². The summed E-state index contributed by atoms with van der Waals surface area (Å²) in [6.07, 6.45) is 2.48. The molecule has 4 rings (SSSR count). The number of nitrogens with one attached hydrogen (secondary N) is 1. The van der Waals surface area contributed by atoms with E-state index < -0.39 is 0 Å². The second kappa shape index (κ2) is 9.95. The summed E-state index contributed by atoms with van der Waals surface area (Å²) in [6, 6.07) is 13.1. The number of methoxy groups -OCH3 is 1. The van der Waals surface area contributed by atoms with Gasteiger partial charge in [0.15, 0.2) is 0 Å². The summed E-state index contributed by atoms with van der Waals surface area (Å²) < 4.78 is 18.6. The van der Waals surface area contributed by atoms with Gasteiger partial charge in [-0.3, -0.25) is 9.36 Å². The lowest BCUT2D eigenvalue weighted by Crippen LogP contribution is -2.32. The van der Waals surface area contributed by atoms with Crippen LogP contribution in [-0.2, 0) is 6.61 Å². The maximum absolute atomic E-state index is 12.9. The number of amides is 1. The maximum Gasteiger partial charge on any atom is 0.253 e. The molecule has 0 aliphatic carbocycles. The van der Waals surface area contributed by atoms with Crippen LogP contribution >= 0.6 is 11.3 Å². The molecule has 4 aromatic rings. The van der Waals surface area contributed by atoms with Crippen molar-refractivity contribution in [2.24, 2.45) is 0 Å². The van der Waals surface area contributed by atoms with Crippen LogP contribution in [0.3, 0.4) is 0 Å². The molecule has 0 radical (unpaired) electrons. The van der Waals surface area contributed by atoms with Gasteiger partial charge in [-0.1, -0.05) is 6.92 Å². The number of ether oxygens (including phenoxy) is 2. The third-order valence-electron chi connectivity index (χ3n) is 5.44. The first-order chi connectivity index (χ1) is 16.0. The highest BCUT2D eigenvalue weighted by Gasteiger charge is 2.23. The summed E-state index contributed by atoms with van der Waals surface area (Å²) in [7, 11) is 1.63. The van der Waals surface area contributed by atoms with Gasteiger partial charge in [0, 0.05) is 23.2 Å². The molecule has 0 spiro atoms. The molecule has 33 heavy (non-hydrogen) atoms. The fraction of sp³-hybridized carbons (Fsp3) is 0.280. The Bertz CT molecular complexity index is 1210. The molecule has 0 aliphatic rings. The molecule has 0 saturated carbocycles. The lowest BCUT2D eigenvalue weighted by atomic mass is 10.2. The predicted molar refractivity (Wildman–Crippen MR) is 128 cm³/mol. The van der Waals surface area contributed by atoms with E-state index in [2.05, 4.69) is 5.32 Å². The van der Waals surface area contributed by atoms with E-state index in [4.69, 9.17) is 18.9 Å². The van der Waals surface area contributed by atoms with Gasteiger partial charge in [0.05, 0.1) is 30.3 Å². The molecule has 8 heteroatoms. The zero-order chi connectivity index (χ0) is 23.4. The second-order valence-electron chi connectivity index (χ2n) is 7.69. The Hall–Kier alpha value is -3.52. The minimum Gasteiger partial charge on any atom is -0.497 e. The summed E-state index contributed by atoms with van der Waals surface area (Å²) in [5.41, 5.74) is 2.95. The second-order valence-corrected chi connectivity index (χ2v) is 8.63.